The summed E-state index contributed by atoms with van der Waals surface area (Å²) in [6.45, 7) is 3.66. The molecule has 0 saturated carbocycles. The van der Waals surface area contributed by atoms with Crippen molar-refractivity contribution in [3.63, 3.8) is 0 Å². The average Bonchev–Trinajstić information content (AvgIpc) is 2.42. The molecule has 0 fully saturated rings. The summed E-state index contributed by atoms with van der Waals surface area (Å²) in [5, 5.41) is 4.84. The van der Waals surface area contributed by atoms with Crippen molar-refractivity contribution in [2.24, 2.45) is 5.14 Å². The van der Waals surface area contributed by atoms with E-state index in [-0.39, 0.29) is 31.6 Å². The van der Waals surface area contributed by atoms with Crippen molar-refractivity contribution in [1.82, 2.24) is 0 Å². The van der Waals surface area contributed by atoms with Gasteiger partial charge >= 0.3 is 35.1 Å². The van der Waals surface area contributed by atoms with E-state index in [1.165, 1.54) is 12.1 Å². The van der Waals surface area contributed by atoms with Gasteiger partial charge in [0.25, 0.3) is 0 Å². The zero-order valence-electron chi connectivity index (χ0n) is 14.1. The van der Waals surface area contributed by atoms with Crippen LogP contribution in [-0.4, -0.2) is 14.4 Å². The minimum Gasteiger partial charge on any atom is -1.00 e. The molecule has 0 atom stereocenters. The van der Waals surface area contributed by atoms with Crippen molar-refractivity contribution in [3.05, 3.63) is 59.2 Å². The van der Waals surface area contributed by atoms with Crippen LogP contribution in [0, 0.1) is 13.8 Å². The van der Waals surface area contributed by atoms with Gasteiger partial charge in [-0.25, -0.2) is 4.79 Å². The Bertz CT molecular complexity index is 809. The van der Waals surface area contributed by atoms with Crippen LogP contribution in [0.5, 0.6) is 11.5 Å². The maximum Gasteiger partial charge on any atom is 1.00 e. The van der Waals surface area contributed by atoms with Crippen LogP contribution in [0.2, 0.25) is 0 Å². The summed E-state index contributed by atoms with van der Waals surface area (Å²) < 4.78 is 31.9. The van der Waals surface area contributed by atoms with Gasteiger partial charge in [-0.3, -0.25) is 0 Å². The number of nitrogens with two attached hydrogens (primary N) is 1. The van der Waals surface area contributed by atoms with Gasteiger partial charge in [-0.15, -0.1) is 0 Å². The van der Waals surface area contributed by atoms with Gasteiger partial charge in [0.1, 0.15) is 11.3 Å². The number of hydrogen-bond donors (Lipinski definition) is 1. The predicted octanol–water partition coefficient (Wildman–Crippen LogP) is -0.779. The van der Waals surface area contributed by atoms with Crippen LogP contribution in [0.4, 0.5) is 0 Å². The Morgan fingerprint density at radius 1 is 1.04 bits per heavy atom. The van der Waals surface area contributed by atoms with Gasteiger partial charge in [-0.05, 0) is 43.7 Å². The summed E-state index contributed by atoms with van der Waals surface area (Å²) in [5.41, 5.74) is 1.75. The van der Waals surface area contributed by atoms with Crippen molar-refractivity contribution < 1.29 is 42.4 Å². The number of benzene rings is 2. The number of aryl methyl sites for hydroxylation is 2. The maximum atomic E-state index is 12.2. The molecule has 2 N–H and O–H groups in total. The topological polar surface area (TPSA) is 95.7 Å². The zero-order valence-corrected chi connectivity index (χ0v) is 13.9. The first-order valence-corrected chi connectivity index (χ1v) is 7.83. The first-order chi connectivity index (χ1) is 10.2. The standard InChI is InChI=1S/C15H15NO5S.Li.H/c1-10-3-6-12(7-4-10)20-15(17)13-9-11(2)5-8-14(13)21-22(16,18)19;;/h3-9H,1-2H3,(H2,16,18,19);;/q;+1;-1. The average molecular weight is 329 g/mol. The third-order valence-corrected chi connectivity index (χ3v) is 3.20. The molecule has 23 heavy (non-hydrogen) atoms. The van der Waals surface area contributed by atoms with Gasteiger partial charge in [0.05, 0.1) is 0 Å². The van der Waals surface area contributed by atoms with Crippen LogP contribution in [0.3, 0.4) is 0 Å². The molecular weight excluding hydrogens is 313 g/mol. The van der Waals surface area contributed by atoms with E-state index >= 15 is 0 Å². The molecule has 0 bridgehead atoms. The number of esters is 1. The third-order valence-electron chi connectivity index (χ3n) is 2.79. The third kappa shape index (κ3) is 5.73. The van der Waals surface area contributed by atoms with Crippen LogP contribution in [0.25, 0.3) is 0 Å². The largest absolute Gasteiger partial charge is 1.00 e. The molecule has 0 spiro atoms. The number of rotatable bonds is 4. The van der Waals surface area contributed by atoms with Crippen molar-refractivity contribution in [3.8, 4) is 11.5 Å². The molecule has 0 saturated heterocycles. The number of carbonyl (C=O) groups excluding carboxylic acids is 1. The summed E-state index contributed by atoms with van der Waals surface area (Å²) >= 11 is 0. The van der Waals surface area contributed by atoms with E-state index in [4.69, 9.17) is 9.88 Å². The molecule has 6 nitrogen and oxygen atoms in total. The monoisotopic (exact) mass is 329 g/mol. The summed E-state index contributed by atoms with van der Waals surface area (Å²) in [5.74, 6) is -0.560. The van der Waals surface area contributed by atoms with Crippen molar-refractivity contribution in [2.45, 2.75) is 13.8 Å². The molecule has 0 radical (unpaired) electrons. The summed E-state index contributed by atoms with van der Waals surface area (Å²) in [6.07, 6.45) is 0. The molecule has 2 aromatic carbocycles. The van der Waals surface area contributed by atoms with Crippen molar-refractivity contribution in [1.29, 1.82) is 0 Å². The SMILES string of the molecule is Cc1ccc(OC(=O)c2cc(C)ccc2OS(N)(=O)=O)cc1.[H-].[Li+]. The molecule has 0 aliphatic carbocycles. The van der Waals surface area contributed by atoms with E-state index in [0.29, 0.717) is 5.75 Å². The van der Waals surface area contributed by atoms with E-state index in [9.17, 15) is 13.2 Å². The molecular formula is C15H16LiNO5S. The minimum absolute atomic E-state index is 0. The Morgan fingerprint density at radius 2 is 1.61 bits per heavy atom. The second kappa shape index (κ2) is 7.66. The van der Waals surface area contributed by atoms with Crippen LogP contribution in [0.1, 0.15) is 22.9 Å². The van der Waals surface area contributed by atoms with Gasteiger partial charge < -0.3 is 10.3 Å². The smallest absolute Gasteiger partial charge is 1.00 e. The van der Waals surface area contributed by atoms with Gasteiger partial charge in [0.15, 0.2) is 5.75 Å². The molecule has 0 aromatic heterocycles. The number of ether oxygens (including phenoxy) is 1. The van der Waals surface area contributed by atoms with E-state index in [2.05, 4.69) is 4.18 Å². The van der Waals surface area contributed by atoms with E-state index in [0.717, 1.165) is 11.1 Å². The van der Waals surface area contributed by atoms with Gasteiger partial charge in [-0.1, -0.05) is 23.8 Å². The maximum absolute atomic E-state index is 12.2. The van der Waals surface area contributed by atoms with E-state index in [1.807, 2.05) is 6.92 Å². The Balaban J connectivity index is 0.00000264. The van der Waals surface area contributed by atoms with Crippen molar-refractivity contribution in [2.75, 3.05) is 0 Å². The van der Waals surface area contributed by atoms with E-state index < -0.39 is 16.3 Å². The summed E-state index contributed by atoms with van der Waals surface area (Å²) in [7, 11) is -4.23. The van der Waals surface area contributed by atoms with Gasteiger partial charge in [0, 0.05) is 0 Å². The van der Waals surface area contributed by atoms with E-state index in [1.54, 1.807) is 37.3 Å². The quantitative estimate of drug-likeness (QED) is 0.451. The van der Waals surface area contributed by atoms with Crippen LogP contribution >= 0.6 is 0 Å². The predicted molar refractivity (Wildman–Crippen MR) is 82.2 cm³/mol. The fourth-order valence-electron chi connectivity index (χ4n) is 1.77. The number of hydrogen-bond acceptors (Lipinski definition) is 5. The Morgan fingerprint density at radius 3 is 2.17 bits per heavy atom. The molecule has 118 valence electrons. The summed E-state index contributed by atoms with van der Waals surface area (Å²) in [6, 6.07) is 11.3. The first-order valence-electron chi connectivity index (χ1n) is 6.36. The fraction of sp³-hybridized carbons (Fsp3) is 0.133. The summed E-state index contributed by atoms with van der Waals surface area (Å²) in [4.78, 5) is 12.2. The second-order valence-corrected chi connectivity index (χ2v) is 5.93. The molecule has 0 unspecified atom stereocenters. The number of carbonyl (C=O) groups is 1. The molecule has 2 aromatic rings. The first kappa shape index (κ1) is 19.3. The fourth-order valence-corrected chi connectivity index (χ4v) is 2.17. The molecule has 2 rings (SSSR count). The molecule has 0 aliphatic heterocycles. The van der Waals surface area contributed by atoms with Crippen LogP contribution < -0.4 is 32.9 Å². The normalized spacial score (nSPS) is 10.6. The Kier molecular flexibility index (Phi) is 6.42. The van der Waals surface area contributed by atoms with Crippen LogP contribution in [-0.2, 0) is 10.3 Å². The second-order valence-electron chi connectivity index (χ2n) is 4.78. The minimum atomic E-state index is -4.23. The molecule has 8 heteroatoms. The van der Waals surface area contributed by atoms with Gasteiger partial charge in [0.2, 0.25) is 0 Å². The molecule has 0 amide bonds. The molecule has 0 aliphatic rings. The van der Waals surface area contributed by atoms with Gasteiger partial charge in [-0.2, -0.15) is 13.6 Å². The zero-order chi connectivity index (χ0) is 16.3. The van der Waals surface area contributed by atoms with Crippen LogP contribution in [0.15, 0.2) is 42.5 Å². The van der Waals surface area contributed by atoms with Crippen molar-refractivity contribution >= 4 is 16.3 Å². The Labute approximate surface area is 148 Å². The Hall–Kier alpha value is -1.78. The molecule has 0 heterocycles.